The fourth-order valence-corrected chi connectivity index (χ4v) is 3.39. The maximum atomic E-state index is 13.2. The number of benzene rings is 2. The zero-order valence-electron chi connectivity index (χ0n) is 16.3. The summed E-state index contributed by atoms with van der Waals surface area (Å²) in [6.07, 6.45) is -0.0282. The Bertz CT molecular complexity index is 1030. The van der Waals surface area contributed by atoms with E-state index in [0.29, 0.717) is 27.4 Å². The molecule has 2 aromatic carbocycles. The molecule has 2 amide bonds. The number of pyridine rings is 1. The molecule has 0 aliphatic heterocycles. The maximum Gasteiger partial charge on any atom is 0.306 e. The van der Waals surface area contributed by atoms with E-state index in [9.17, 15) is 14.4 Å². The van der Waals surface area contributed by atoms with E-state index in [1.807, 2.05) is 48.5 Å². The van der Waals surface area contributed by atoms with Crippen molar-refractivity contribution >= 4 is 39.6 Å². The molecule has 3 N–H and O–H groups in total. The van der Waals surface area contributed by atoms with Crippen LogP contribution in [0, 0.1) is 5.92 Å². The summed E-state index contributed by atoms with van der Waals surface area (Å²) in [5, 5.41) is 4.06. The van der Waals surface area contributed by atoms with E-state index in [2.05, 4.69) is 10.3 Å². The molecule has 0 aliphatic carbocycles. The Morgan fingerprint density at radius 2 is 1.59 bits per heavy atom. The summed E-state index contributed by atoms with van der Waals surface area (Å²) in [6.45, 7) is 3.62. The van der Waals surface area contributed by atoms with Gasteiger partial charge in [-0.3, -0.25) is 14.4 Å². The normalized spacial score (nSPS) is 13.0. The van der Waals surface area contributed by atoms with Gasteiger partial charge in [0.2, 0.25) is 5.91 Å². The highest BCUT2D eigenvalue weighted by Gasteiger charge is 2.28. The quantitative estimate of drug-likeness (QED) is 0.473. The second-order valence-corrected chi connectivity index (χ2v) is 6.86. The Morgan fingerprint density at radius 1 is 1.03 bits per heavy atom. The van der Waals surface area contributed by atoms with E-state index < -0.39 is 29.7 Å². The predicted octanol–water partition coefficient (Wildman–Crippen LogP) is 2.56. The Labute approximate surface area is 168 Å². The van der Waals surface area contributed by atoms with Crippen LogP contribution in [0.4, 0.5) is 0 Å². The molecule has 0 spiro atoms. The molecular formula is C22H23N3O4. The van der Waals surface area contributed by atoms with Crippen molar-refractivity contribution in [2.75, 3.05) is 6.61 Å². The summed E-state index contributed by atoms with van der Waals surface area (Å²) in [4.78, 5) is 41.6. The lowest BCUT2D eigenvalue weighted by molar-refractivity contribution is -0.144. The number of para-hydroxylation sites is 2. The number of carbonyl (C=O) groups excluding carboxylic acids is 3. The molecule has 3 rings (SSSR count). The molecule has 0 saturated heterocycles. The first kappa shape index (κ1) is 20.3. The lowest BCUT2D eigenvalue weighted by Crippen LogP contribution is -2.49. The largest absolute Gasteiger partial charge is 0.466 e. The Hall–Kier alpha value is -3.48. The van der Waals surface area contributed by atoms with Crippen LogP contribution < -0.4 is 11.1 Å². The van der Waals surface area contributed by atoms with Crippen LogP contribution in [-0.2, 0) is 14.3 Å². The molecule has 2 atom stereocenters. The van der Waals surface area contributed by atoms with Crippen LogP contribution in [0.5, 0.6) is 0 Å². The first-order valence-corrected chi connectivity index (χ1v) is 9.45. The van der Waals surface area contributed by atoms with E-state index in [1.54, 1.807) is 13.8 Å². The van der Waals surface area contributed by atoms with Gasteiger partial charge >= 0.3 is 5.97 Å². The minimum Gasteiger partial charge on any atom is -0.466 e. The fourth-order valence-electron chi connectivity index (χ4n) is 3.39. The number of hydrogen-bond acceptors (Lipinski definition) is 5. The fraction of sp³-hybridized carbons (Fsp3) is 0.273. The average molecular weight is 393 g/mol. The number of carbonyl (C=O) groups is 3. The number of nitrogens with one attached hydrogen (secondary N) is 1. The lowest BCUT2D eigenvalue weighted by atomic mass is 9.96. The number of hydrogen-bond donors (Lipinski definition) is 2. The van der Waals surface area contributed by atoms with Crippen molar-refractivity contribution in [3.63, 3.8) is 0 Å². The van der Waals surface area contributed by atoms with Gasteiger partial charge in [-0.2, -0.15) is 0 Å². The van der Waals surface area contributed by atoms with Crippen LogP contribution >= 0.6 is 0 Å². The summed E-state index contributed by atoms with van der Waals surface area (Å²) in [5.41, 5.74) is 7.28. The smallest absolute Gasteiger partial charge is 0.306 e. The molecule has 7 heteroatoms. The van der Waals surface area contributed by atoms with E-state index in [-0.39, 0.29) is 13.0 Å². The summed E-state index contributed by atoms with van der Waals surface area (Å²) >= 11 is 0. The van der Waals surface area contributed by atoms with Crippen LogP contribution in [0.15, 0.2) is 48.5 Å². The minimum atomic E-state index is -1.02. The molecule has 0 saturated carbocycles. The third kappa shape index (κ3) is 4.34. The van der Waals surface area contributed by atoms with Gasteiger partial charge in [0, 0.05) is 10.8 Å². The third-order valence-electron chi connectivity index (χ3n) is 4.77. The van der Waals surface area contributed by atoms with Gasteiger partial charge in [-0.1, -0.05) is 43.3 Å². The van der Waals surface area contributed by atoms with Gasteiger partial charge in [0.05, 0.1) is 29.6 Å². The van der Waals surface area contributed by atoms with Crippen molar-refractivity contribution in [2.45, 2.75) is 26.3 Å². The highest BCUT2D eigenvalue weighted by molar-refractivity contribution is 6.16. The number of rotatable bonds is 7. The number of amides is 2. The number of aromatic nitrogens is 1. The highest BCUT2D eigenvalue weighted by atomic mass is 16.5. The van der Waals surface area contributed by atoms with Gasteiger partial charge in [-0.25, -0.2) is 4.98 Å². The molecule has 0 radical (unpaired) electrons. The predicted molar refractivity (Wildman–Crippen MR) is 110 cm³/mol. The van der Waals surface area contributed by atoms with Crippen LogP contribution in [0.25, 0.3) is 21.8 Å². The highest BCUT2D eigenvalue weighted by Crippen LogP contribution is 2.26. The topological polar surface area (TPSA) is 111 Å². The second-order valence-electron chi connectivity index (χ2n) is 6.86. The lowest BCUT2D eigenvalue weighted by Gasteiger charge is -2.22. The Morgan fingerprint density at radius 3 is 2.10 bits per heavy atom. The zero-order valence-corrected chi connectivity index (χ0v) is 16.3. The van der Waals surface area contributed by atoms with Crippen molar-refractivity contribution in [1.82, 2.24) is 10.3 Å². The molecule has 1 aromatic heterocycles. The number of primary amides is 1. The molecule has 0 unspecified atom stereocenters. The summed E-state index contributed by atoms with van der Waals surface area (Å²) < 4.78 is 4.94. The molecule has 0 bridgehead atoms. The van der Waals surface area contributed by atoms with Crippen molar-refractivity contribution < 1.29 is 19.1 Å². The first-order valence-electron chi connectivity index (χ1n) is 9.45. The molecule has 1 heterocycles. The molecule has 0 aliphatic rings. The van der Waals surface area contributed by atoms with Gasteiger partial charge in [-0.15, -0.1) is 0 Å². The van der Waals surface area contributed by atoms with Crippen molar-refractivity contribution in [3.05, 3.63) is 54.1 Å². The number of nitrogens with two attached hydrogens (primary N) is 1. The summed E-state index contributed by atoms with van der Waals surface area (Å²) in [5.74, 6) is -2.12. The zero-order chi connectivity index (χ0) is 21.0. The van der Waals surface area contributed by atoms with E-state index in [1.165, 1.54) is 0 Å². The van der Waals surface area contributed by atoms with Gasteiger partial charge in [0.1, 0.15) is 6.04 Å². The van der Waals surface area contributed by atoms with Gasteiger partial charge < -0.3 is 15.8 Å². The molecule has 150 valence electrons. The Balaban J connectivity index is 1.99. The number of ether oxygens (including phenoxy) is 1. The molecular weight excluding hydrogens is 370 g/mol. The average Bonchev–Trinajstić information content (AvgIpc) is 2.69. The van der Waals surface area contributed by atoms with Crippen molar-refractivity contribution in [3.8, 4) is 0 Å². The van der Waals surface area contributed by atoms with Crippen LogP contribution in [0.2, 0.25) is 0 Å². The summed E-state index contributed by atoms with van der Waals surface area (Å²) in [7, 11) is 0. The van der Waals surface area contributed by atoms with Gasteiger partial charge in [0.25, 0.3) is 5.91 Å². The van der Waals surface area contributed by atoms with E-state index in [4.69, 9.17) is 10.5 Å². The molecule has 29 heavy (non-hydrogen) atoms. The minimum absolute atomic E-state index is 0.0282. The van der Waals surface area contributed by atoms with Crippen molar-refractivity contribution in [1.29, 1.82) is 0 Å². The van der Waals surface area contributed by atoms with Crippen LogP contribution in [-0.4, -0.2) is 35.4 Å². The molecule has 3 aromatic rings. The number of fused-ring (bicyclic) bond motifs is 2. The maximum absolute atomic E-state index is 13.2. The Kier molecular flexibility index (Phi) is 6.07. The molecule has 7 nitrogen and oxygen atoms in total. The van der Waals surface area contributed by atoms with E-state index in [0.717, 1.165) is 0 Å². The number of nitrogens with zero attached hydrogens (tertiary/aromatic N) is 1. The SMILES string of the molecule is CCOC(=O)C[C@H](C)[C@H](NC(=O)c1c2ccccc2nc2ccccc12)C(N)=O. The van der Waals surface area contributed by atoms with Crippen LogP contribution in [0.1, 0.15) is 30.6 Å². The summed E-state index contributed by atoms with van der Waals surface area (Å²) in [6, 6.07) is 13.6. The van der Waals surface area contributed by atoms with Crippen LogP contribution in [0.3, 0.4) is 0 Å². The molecule has 0 fully saturated rings. The standard InChI is InChI=1S/C22H23N3O4/c1-3-29-18(26)12-13(2)20(21(23)27)25-22(28)19-14-8-4-6-10-16(14)24-17-11-7-5-9-15(17)19/h4-11,13,20H,3,12H2,1-2H3,(H2,23,27)(H,25,28)/t13-,20-/m0/s1. The second kappa shape index (κ2) is 8.68. The first-order chi connectivity index (χ1) is 13.9. The third-order valence-corrected chi connectivity index (χ3v) is 4.77. The van der Waals surface area contributed by atoms with Gasteiger partial charge in [0.15, 0.2) is 0 Å². The number of esters is 1. The van der Waals surface area contributed by atoms with Gasteiger partial charge in [-0.05, 0) is 25.0 Å². The van der Waals surface area contributed by atoms with E-state index >= 15 is 0 Å². The monoisotopic (exact) mass is 393 g/mol. The van der Waals surface area contributed by atoms with Crippen molar-refractivity contribution in [2.24, 2.45) is 11.7 Å².